The minimum Gasteiger partial charge on any atom is -0.461 e. The fourth-order valence-corrected chi connectivity index (χ4v) is 4.15. The van der Waals surface area contributed by atoms with Gasteiger partial charge in [-0.2, -0.15) is 0 Å². The summed E-state index contributed by atoms with van der Waals surface area (Å²) >= 11 is 1.39. The number of esters is 1. The highest BCUT2D eigenvalue weighted by molar-refractivity contribution is 7.99. The minimum absolute atomic E-state index is 0.0312. The van der Waals surface area contributed by atoms with Gasteiger partial charge in [-0.1, -0.05) is 72.4 Å². The van der Waals surface area contributed by atoms with Crippen molar-refractivity contribution >= 4 is 17.7 Å². The summed E-state index contributed by atoms with van der Waals surface area (Å²) in [6.45, 7) is 1.66. The molecular formula is C22H21NO4S. The zero-order chi connectivity index (χ0) is 19.6. The van der Waals surface area contributed by atoms with E-state index in [1.54, 1.807) is 6.92 Å². The molecule has 3 aromatic rings. The van der Waals surface area contributed by atoms with Crippen LogP contribution in [0.15, 0.2) is 70.3 Å². The monoisotopic (exact) mass is 395 g/mol. The maximum absolute atomic E-state index is 11.7. The van der Waals surface area contributed by atoms with Gasteiger partial charge in [0.2, 0.25) is 0 Å². The second-order valence-electron chi connectivity index (χ2n) is 7.19. The summed E-state index contributed by atoms with van der Waals surface area (Å²) in [5, 5.41) is 10.7. The first-order chi connectivity index (χ1) is 13.5. The lowest BCUT2D eigenvalue weighted by Gasteiger charge is -2.32. The van der Waals surface area contributed by atoms with Gasteiger partial charge in [0.1, 0.15) is 11.8 Å². The van der Waals surface area contributed by atoms with E-state index in [0.29, 0.717) is 23.2 Å². The van der Waals surface area contributed by atoms with Crippen molar-refractivity contribution in [2.75, 3.05) is 5.75 Å². The van der Waals surface area contributed by atoms with E-state index in [1.807, 2.05) is 60.7 Å². The number of thioether (sulfide) groups is 1. The number of aromatic nitrogens is 1. The van der Waals surface area contributed by atoms with E-state index in [4.69, 9.17) is 9.15 Å². The Morgan fingerprint density at radius 2 is 1.75 bits per heavy atom. The molecule has 6 heteroatoms. The van der Waals surface area contributed by atoms with E-state index in [1.165, 1.54) is 11.8 Å². The van der Waals surface area contributed by atoms with Crippen LogP contribution in [-0.4, -0.2) is 33.5 Å². The average molecular weight is 395 g/mol. The second kappa shape index (κ2) is 7.81. The number of benzene rings is 2. The fourth-order valence-electron chi connectivity index (χ4n) is 3.34. The highest BCUT2D eigenvalue weighted by atomic mass is 32.2. The number of ether oxygens (including phenoxy) is 1. The van der Waals surface area contributed by atoms with Gasteiger partial charge in [-0.15, -0.1) is 0 Å². The summed E-state index contributed by atoms with van der Waals surface area (Å²) in [6.07, 6.45) is 0.0704. The van der Waals surface area contributed by atoms with Crippen molar-refractivity contribution < 1.29 is 19.1 Å². The van der Waals surface area contributed by atoms with E-state index in [9.17, 15) is 9.90 Å². The van der Waals surface area contributed by atoms with Gasteiger partial charge in [0.25, 0.3) is 5.22 Å². The maximum atomic E-state index is 11.7. The lowest BCUT2D eigenvalue weighted by Crippen LogP contribution is -2.41. The lowest BCUT2D eigenvalue weighted by molar-refractivity contribution is -0.165. The molecule has 1 saturated heterocycles. The van der Waals surface area contributed by atoms with Crippen molar-refractivity contribution in [2.45, 2.75) is 36.7 Å². The first-order valence-corrected chi connectivity index (χ1v) is 10.1. The van der Waals surface area contributed by atoms with Gasteiger partial charge < -0.3 is 14.3 Å². The zero-order valence-electron chi connectivity index (χ0n) is 15.5. The van der Waals surface area contributed by atoms with Crippen LogP contribution in [0.5, 0.6) is 0 Å². The second-order valence-corrected chi connectivity index (χ2v) is 8.16. The first kappa shape index (κ1) is 18.8. The molecule has 1 aliphatic rings. The van der Waals surface area contributed by atoms with Crippen LogP contribution < -0.4 is 0 Å². The molecule has 144 valence electrons. The topological polar surface area (TPSA) is 72.6 Å². The van der Waals surface area contributed by atoms with Gasteiger partial charge in [-0.25, -0.2) is 4.98 Å². The van der Waals surface area contributed by atoms with Crippen molar-refractivity contribution in [3.05, 3.63) is 60.7 Å². The van der Waals surface area contributed by atoms with Gasteiger partial charge in [0.05, 0.1) is 12.0 Å². The number of cyclic esters (lactones) is 1. The van der Waals surface area contributed by atoms with Crippen molar-refractivity contribution in [2.24, 2.45) is 0 Å². The van der Waals surface area contributed by atoms with Crippen molar-refractivity contribution in [1.82, 2.24) is 4.98 Å². The SMILES string of the molecule is C[C@]1(O)CC(=O)O[C@H](CSc2nc(-c3ccccc3)c(-c3ccccc3)o2)C1. The van der Waals surface area contributed by atoms with Crippen LogP contribution in [0.3, 0.4) is 0 Å². The Morgan fingerprint density at radius 1 is 1.11 bits per heavy atom. The smallest absolute Gasteiger partial charge is 0.309 e. The molecule has 1 fully saturated rings. The van der Waals surface area contributed by atoms with E-state index in [0.717, 1.165) is 16.8 Å². The third-order valence-corrected chi connectivity index (χ3v) is 5.53. The standard InChI is InChI=1S/C22H21NO4S/c1-22(25)12-17(26-18(24)13-22)14-28-21-23-19(15-8-4-2-5-9-15)20(27-21)16-10-6-3-7-11-16/h2-11,17,25H,12-14H2,1H3/t17-,22+/m0/s1. The summed E-state index contributed by atoms with van der Waals surface area (Å²) in [5.41, 5.74) is 1.68. The highest BCUT2D eigenvalue weighted by Gasteiger charge is 2.36. The average Bonchev–Trinajstić information content (AvgIpc) is 3.11. The predicted molar refractivity (Wildman–Crippen MR) is 108 cm³/mol. The number of aliphatic hydroxyl groups is 1. The van der Waals surface area contributed by atoms with Crippen LogP contribution >= 0.6 is 11.8 Å². The number of carbonyl (C=O) groups excluding carboxylic acids is 1. The van der Waals surface area contributed by atoms with Crippen molar-refractivity contribution in [1.29, 1.82) is 0 Å². The highest BCUT2D eigenvalue weighted by Crippen LogP contribution is 2.36. The first-order valence-electron chi connectivity index (χ1n) is 9.16. The molecule has 0 bridgehead atoms. The molecule has 5 nitrogen and oxygen atoms in total. The molecule has 1 aliphatic heterocycles. The van der Waals surface area contributed by atoms with Gasteiger partial charge in [0, 0.05) is 23.3 Å². The van der Waals surface area contributed by atoms with Crippen LogP contribution in [-0.2, 0) is 9.53 Å². The number of carbonyl (C=O) groups is 1. The third-order valence-electron chi connectivity index (χ3n) is 4.57. The summed E-state index contributed by atoms with van der Waals surface area (Å²) in [5.74, 6) is 0.816. The molecule has 0 unspecified atom stereocenters. The molecule has 1 N–H and O–H groups in total. The minimum atomic E-state index is -1.03. The van der Waals surface area contributed by atoms with Gasteiger partial charge in [0.15, 0.2) is 5.76 Å². The van der Waals surface area contributed by atoms with E-state index >= 15 is 0 Å². The molecule has 0 amide bonds. The van der Waals surface area contributed by atoms with Crippen LogP contribution in [0, 0.1) is 0 Å². The maximum Gasteiger partial charge on any atom is 0.309 e. The Kier molecular flexibility index (Phi) is 5.24. The Bertz CT molecular complexity index is 896. The Balaban J connectivity index is 1.58. The lowest BCUT2D eigenvalue weighted by atomic mass is 9.93. The number of rotatable bonds is 5. The molecule has 0 aliphatic carbocycles. The van der Waals surface area contributed by atoms with E-state index in [-0.39, 0.29) is 18.5 Å². The van der Waals surface area contributed by atoms with Crippen LogP contribution in [0.1, 0.15) is 19.8 Å². The van der Waals surface area contributed by atoms with Crippen LogP contribution in [0.2, 0.25) is 0 Å². The number of nitrogens with zero attached hydrogens (tertiary/aromatic N) is 1. The molecule has 0 spiro atoms. The Labute approximate surface area is 167 Å². The summed E-state index contributed by atoms with van der Waals surface area (Å²) < 4.78 is 11.4. The van der Waals surface area contributed by atoms with Crippen molar-refractivity contribution in [3.63, 3.8) is 0 Å². The molecule has 28 heavy (non-hydrogen) atoms. The van der Waals surface area contributed by atoms with E-state index in [2.05, 4.69) is 4.98 Å². The number of oxazole rings is 1. The van der Waals surface area contributed by atoms with Crippen molar-refractivity contribution in [3.8, 4) is 22.6 Å². The molecular weight excluding hydrogens is 374 g/mol. The van der Waals surface area contributed by atoms with Crippen LogP contribution in [0.25, 0.3) is 22.6 Å². The molecule has 2 aromatic carbocycles. The molecule has 2 heterocycles. The summed E-state index contributed by atoms with van der Waals surface area (Å²) in [7, 11) is 0. The predicted octanol–water partition coefficient (Wildman–Crippen LogP) is 4.56. The largest absolute Gasteiger partial charge is 0.461 e. The van der Waals surface area contributed by atoms with Crippen LogP contribution in [0.4, 0.5) is 0 Å². The van der Waals surface area contributed by atoms with Gasteiger partial charge in [-0.3, -0.25) is 4.79 Å². The summed E-state index contributed by atoms with van der Waals surface area (Å²) in [4.78, 5) is 16.4. The molecule has 1 aromatic heterocycles. The third kappa shape index (κ3) is 4.29. The van der Waals surface area contributed by atoms with E-state index < -0.39 is 5.60 Å². The number of hydrogen-bond donors (Lipinski definition) is 1. The molecule has 4 rings (SSSR count). The van der Waals surface area contributed by atoms with Gasteiger partial charge >= 0.3 is 5.97 Å². The molecule has 0 radical (unpaired) electrons. The fraction of sp³-hybridized carbons (Fsp3) is 0.273. The zero-order valence-corrected chi connectivity index (χ0v) is 16.3. The Morgan fingerprint density at radius 3 is 2.39 bits per heavy atom. The quantitative estimate of drug-likeness (QED) is 0.504. The Hall–Kier alpha value is -2.57. The van der Waals surface area contributed by atoms with Gasteiger partial charge in [-0.05, 0) is 6.92 Å². The molecule has 0 saturated carbocycles. The molecule has 2 atom stereocenters. The summed E-state index contributed by atoms with van der Waals surface area (Å²) in [6, 6.07) is 19.8. The normalized spacial score (nSPS) is 22.1. The number of hydrogen-bond acceptors (Lipinski definition) is 6.